The Labute approximate surface area is 159 Å². The van der Waals surface area contributed by atoms with Crippen molar-refractivity contribution in [1.29, 1.82) is 0 Å². The van der Waals surface area contributed by atoms with Gasteiger partial charge < -0.3 is 9.64 Å². The van der Waals surface area contributed by atoms with Crippen molar-refractivity contribution in [2.45, 2.75) is 31.9 Å². The summed E-state index contributed by atoms with van der Waals surface area (Å²) in [5.41, 5.74) is 2.77. The van der Waals surface area contributed by atoms with Crippen LogP contribution in [0.3, 0.4) is 0 Å². The van der Waals surface area contributed by atoms with E-state index in [-0.39, 0.29) is 23.9 Å². The normalized spacial score (nSPS) is 23.8. The molecule has 2 saturated heterocycles. The number of aryl methyl sites for hydroxylation is 1. The van der Waals surface area contributed by atoms with E-state index in [4.69, 9.17) is 4.74 Å². The standard InChI is InChI=1S/C22H25FN2O2/c1-17-6-8-18(9-7-17)13-24-11-3-10-22(15-24)16-25(21(26)14-27-22)20-5-2-4-19(23)12-20/h2,4-9,12H,3,10-11,13-16H2,1H3. The molecule has 1 atom stereocenters. The number of piperidine rings is 1. The first-order valence-electron chi connectivity index (χ1n) is 9.51. The molecule has 142 valence electrons. The van der Waals surface area contributed by atoms with Crippen molar-refractivity contribution < 1.29 is 13.9 Å². The van der Waals surface area contributed by atoms with Gasteiger partial charge in [-0.1, -0.05) is 35.9 Å². The number of rotatable bonds is 3. The molecule has 27 heavy (non-hydrogen) atoms. The molecule has 4 nitrogen and oxygen atoms in total. The molecule has 2 aliphatic heterocycles. The van der Waals surface area contributed by atoms with Crippen LogP contribution in [0.1, 0.15) is 24.0 Å². The number of hydrogen-bond acceptors (Lipinski definition) is 3. The molecule has 0 N–H and O–H groups in total. The zero-order chi connectivity index (χ0) is 18.9. The summed E-state index contributed by atoms with van der Waals surface area (Å²) in [5, 5.41) is 0. The van der Waals surface area contributed by atoms with E-state index in [9.17, 15) is 9.18 Å². The minimum atomic E-state index is -0.386. The van der Waals surface area contributed by atoms with Gasteiger partial charge in [0.1, 0.15) is 12.4 Å². The van der Waals surface area contributed by atoms with Crippen LogP contribution in [0.2, 0.25) is 0 Å². The van der Waals surface area contributed by atoms with Gasteiger partial charge >= 0.3 is 0 Å². The molecular weight excluding hydrogens is 343 g/mol. The van der Waals surface area contributed by atoms with Crippen molar-refractivity contribution in [3.63, 3.8) is 0 Å². The highest BCUT2D eigenvalue weighted by molar-refractivity contribution is 5.95. The maximum absolute atomic E-state index is 13.6. The van der Waals surface area contributed by atoms with Crippen LogP contribution in [0.4, 0.5) is 10.1 Å². The van der Waals surface area contributed by atoms with Crippen LogP contribution in [0.15, 0.2) is 48.5 Å². The van der Waals surface area contributed by atoms with Gasteiger partial charge in [0.15, 0.2) is 0 Å². The molecule has 0 radical (unpaired) electrons. The van der Waals surface area contributed by atoms with Crippen LogP contribution in [-0.4, -0.2) is 42.6 Å². The van der Waals surface area contributed by atoms with E-state index >= 15 is 0 Å². The molecule has 0 bridgehead atoms. The number of amides is 1. The van der Waals surface area contributed by atoms with Gasteiger partial charge in [-0.15, -0.1) is 0 Å². The van der Waals surface area contributed by atoms with Crippen molar-refractivity contribution in [3.8, 4) is 0 Å². The lowest BCUT2D eigenvalue weighted by atomic mass is 9.90. The van der Waals surface area contributed by atoms with E-state index in [1.165, 1.54) is 23.3 Å². The van der Waals surface area contributed by atoms with Gasteiger partial charge in [0.25, 0.3) is 5.91 Å². The first-order chi connectivity index (χ1) is 13.0. The van der Waals surface area contributed by atoms with Crippen LogP contribution in [0, 0.1) is 12.7 Å². The summed E-state index contributed by atoms with van der Waals surface area (Å²) in [6.45, 7) is 5.29. The Balaban J connectivity index is 1.49. The lowest BCUT2D eigenvalue weighted by Crippen LogP contribution is -2.61. The zero-order valence-electron chi connectivity index (χ0n) is 15.7. The number of ether oxygens (including phenoxy) is 1. The average molecular weight is 368 g/mol. The number of anilines is 1. The first kappa shape index (κ1) is 18.1. The molecule has 4 rings (SSSR count). The van der Waals surface area contributed by atoms with Crippen LogP contribution in [-0.2, 0) is 16.1 Å². The lowest BCUT2D eigenvalue weighted by molar-refractivity contribution is -0.146. The van der Waals surface area contributed by atoms with Gasteiger partial charge in [0, 0.05) is 18.8 Å². The molecule has 2 fully saturated rings. The Morgan fingerprint density at radius 2 is 1.96 bits per heavy atom. The Kier molecular flexibility index (Phi) is 4.98. The monoisotopic (exact) mass is 368 g/mol. The molecule has 1 unspecified atom stereocenters. The fraction of sp³-hybridized carbons (Fsp3) is 0.409. The van der Waals surface area contributed by atoms with Gasteiger partial charge in [0.2, 0.25) is 0 Å². The van der Waals surface area contributed by atoms with E-state index in [0.717, 1.165) is 32.5 Å². The Morgan fingerprint density at radius 3 is 2.74 bits per heavy atom. The molecule has 1 spiro atoms. The fourth-order valence-electron chi connectivity index (χ4n) is 4.12. The number of morpholine rings is 1. The number of likely N-dealkylation sites (tertiary alicyclic amines) is 1. The third-order valence-electron chi connectivity index (χ3n) is 5.51. The van der Waals surface area contributed by atoms with Crippen molar-refractivity contribution in [2.24, 2.45) is 0 Å². The highest BCUT2D eigenvalue weighted by atomic mass is 19.1. The summed E-state index contributed by atoms with van der Waals surface area (Å²) in [7, 11) is 0. The molecule has 1 amide bonds. The fourth-order valence-corrected chi connectivity index (χ4v) is 4.12. The minimum Gasteiger partial charge on any atom is -0.362 e. The van der Waals surface area contributed by atoms with Gasteiger partial charge in [-0.3, -0.25) is 9.69 Å². The quantitative estimate of drug-likeness (QED) is 0.831. The third-order valence-corrected chi connectivity index (χ3v) is 5.51. The smallest absolute Gasteiger partial charge is 0.253 e. The summed E-state index contributed by atoms with van der Waals surface area (Å²) in [6, 6.07) is 14.9. The van der Waals surface area contributed by atoms with Gasteiger partial charge in [-0.25, -0.2) is 4.39 Å². The van der Waals surface area contributed by atoms with E-state index in [2.05, 4.69) is 36.1 Å². The number of benzene rings is 2. The summed E-state index contributed by atoms with van der Waals surface area (Å²) in [4.78, 5) is 16.5. The van der Waals surface area contributed by atoms with E-state index < -0.39 is 0 Å². The van der Waals surface area contributed by atoms with Crippen molar-refractivity contribution in [1.82, 2.24) is 4.90 Å². The second-order valence-electron chi connectivity index (χ2n) is 7.73. The Morgan fingerprint density at radius 1 is 1.15 bits per heavy atom. The number of hydrogen-bond donors (Lipinski definition) is 0. The summed E-state index contributed by atoms with van der Waals surface area (Å²) < 4.78 is 19.7. The molecule has 0 aromatic heterocycles. The van der Waals surface area contributed by atoms with Crippen LogP contribution in [0.25, 0.3) is 0 Å². The molecule has 2 heterocycles. The van der Waals surface area contributed by atoms with Crippen molar-refractivity contribution in [3.05, 3.63) is 65.5 Å². The molecule has 2 aliphatic rings. The van der Waals surface area contributed by atoms with Crippen LogP contribution >= 0.6 is 0 Å². The highest BCUT2D eigenvalue weighted by Crippen LogP contribution is 2.32. The summed E-state index contributed by atoms with van der Waals surface area (Å²) >= 11 is 0. The predicted octanol–water partition coefficient (Wildman–Crippen LogP) is 3.53. The second kappa shape index (κ2) is 7.41. The maximum Gasteiger partial charge on any atom is 0.253 e. The summed E-state index contributed by atoms with van der Waals surface area (Å²) in [5.74, 6) is -0.438. The lowest BCUT2D eigenvalue weighted by Gasteiger charge is -2.47. The second-order valence-corrected chi connectivity index (χ2v) is 7.73. The average Bonchev–Trinajstić information content (AvgIpc) is 2.66. The Bertz CT molecular complexity index is 823. The van der Waals surface area contributed by atoms with Gasteiger partial charge in [0.05, 0.1) is 12.1 Å². The first-order valence-corrected chi connectivity index (χ1v) is 9.51. The number of nitrogens with zero attached hydrogens (tertiary/aromatic N) is 2. The van der Waals surface area contributed by atoms with E-state index in [1.54, 1.807) is 17.0 Å². The van der Waals surface area contributed by atoms with Crippen LogP contribution < -0.4 is 4.90 Å². The van der Waals surface area contributed by atoms with Crippen molar-refractivity contribution >= 4 is 11.6 Å². The number of halogens is 1. The van der Waals surface area contributed by atoms with Crippen molar-refractivity contribution in [2.75, 3.05) is 31.1 Å². The minimum absolute atomic E-state index is 0.0505. The topological polar surface area (TPSA) is 32.8 Å². The largest absolute Gasteiger partial charge is 0.362 e. The SMILES string of the molecule is Cc1ccc(CN2CCCC3(C2)CN(c2cccc(F)c2)C(=O)CO3)cc1. The molecule has 0 aliphatic carbocycles. The van der Waals surface area contributed by atoms with Crippen LogP contribution in [0.5, 0.6) is 0 Å². The number of carbonyl (C=O) groups excluding carboxylic acids is 1. The van der Waals surface area contributed by atoms with E-state index in [1.807, 2.05) is 0 Å². The van der Waals surface area contributed by atoms with Gasteiger partial charge in [-0.05, 0) is 50.1 Å². The predicted molar refractivity (Wildman–Crippen MR) is 103 cm³/mol. The van der Waals surface area contributed by atoms with E-state index in [0.29, 0.717) is 12.2 Å². The Hall–Kier alpha value is -2.24. The molecule has 2 aromatic carbocycles. The molecule has 0 saturated carbocycles. The summed E-state index contributed by atoms with van der Waals surface area (Å²) in [6.07, 6.45) is 1.94. The molecular formula is C22H25FN2O2. The molecule has 5 heteroatoms. The van der Waals surface area contributed by atoms with Gasteiger partial charge in [-0.2, -0.15) is 0 Å². The highest BCUT2D eigenvalue weighted by Gasteiger charge is 2.43. The molecule has 2 aromatic rings. The maximum atomic E-state index is 13.6. The third kappa shape index (κ3) is 4.04. The number of carbonyl (C=O) groups is 1. The zero-order valence-corrected chi connectivity index (χ0v) is 15.7.